The van der Waals surface area contributed by atoms with Crippen LogP contribution in [0.5, 0.6) is 0 Å². The van der Waals surface area contributed by atoms with Crippen LogP contribution in [0.2, 0.25) is 0 Å². The molecule has 8 heteroatoms. The molecule has 1 heterocycles. The van der Waals surface area contributed by atoms with E-state index in [9.17, 15) is 14.4 Å². The molecule has 0 aliphatic carbocycles. The van der Waals surface area contributed by atoms with Crippen LogP contribution in [0.1, 0.15) is 24.1 Å². The number of nitrogens with one attached hydrogen (secondary N) is 2. The number of rotatable bonds is 7. The van der Waals surface area contributed by atoms with Gasteiger partial charge in [-0.25, -0.2) is 4.79 Å². The second-order valence-corrected chi connectivity index (χ2v) is 4.15. The van der Waals surface area contributed by atoms with Crippen molar-refractivity contribution >= 4 is 17.8 Å². The lowest BCUT2D eigenvalue weighted by molar-refractivity contribution is -0.143. The molecule has 0 fully saturated rings. The zero-order valence-corrected chi connectivity index (χ0v) is 10.5. The average Bonchev–Trinajstić information content (AvgIpc) is 2.70. The van der Waals surface area contributed by atoms with E-state index in [0.29, 0.717) is 6.42 Å². The van der Waals surface area contributed by atoms with Crippen molar-refractivity contribution in [1.29, 1.82) is 0 Å². The number of hydrogen-bond acceptors (Lipinski definition) is 4. The van der Waals surface area contributed by atoms with Gasteiger partial charge in [-0.2, -0.15) is 5.10 Å². The number of carbonyl (C=O) groups excluding carboxylic acids is 2. The predicted molar refractivity (Wildman–Crippen MR) is 65.0 cm³/mol. The Hall–Kier alpha value is -2.38. The Kier molecular flexibility index (Phi) is 5.04. The van der Waals surface area contributed by atoms with Crippen LogP contribution < -0.4 is 11.1 Å². The number of carboxylic acid groups (broad SMARTS) is 1. The molecule has 19 heavy (non-hydrogen) atoms. The first-order chi connectivity index (χ1) is 8.90. The van der Waals surface area contributed by atoms with Gasteiger partial charge in [0.25, 0.3) is 0 Å². The Bertz CT molecular complexity index is 483. The van der Waals surface area contributed by atoms with Crippen molar-refractivity contribution in [2.45, 2.75) is 32.2 Å². The SMILES string of the molecule is Cc1[nH]ncc1CCC(=O)N[C@@H](CC(N)=O)C(=O)O. The normalized spacial score (nSPS) is 11.8. The maximum absolute atomic E-state index is 11.6. The summed E-state index contributed by atoms with van der Waals surface area (Å²) >= 11 is 0. The van der Waals surface area contributed by atoms with Gasteiger partial charge >= 0.3 is 5.97 Å². The van der Waals surface area contributed by atoms with Crippen LogP contribution in [0.3, 0.4) is 0 Å². The Balaban J connectivity index is 2.47. The first-order valence-corrected chi connectivity index (χ1v) is 5.69. The van der Waals surface area contributed by atoms with Crippen molar-refractivity contribution in [1.82, 2.24) is 15.5 Å². The fourth-order valence-electron chi connectivity index (χ4n) is 1.54. The number of nitrogens with two attached hydrogens (primary N) is 1. The number of hydrogen-bond donors (Lipinski definition) is 4. The van der Waals surface area contributed by atoms with Crippen molar-refractivity contribution in [3.63, 3.8) is 0 Å². The van der Waals surface area contributed by atoms with Gasteiger partial charge in [-0.3, -0.25) is 14.7 Å². The number of aryl methyl sites for hydroxylation is 2. The van der Waals surface area contributed by atoms with Crippen molar-refractivity contribution in [2.24, 2.45) is 5.73 Å². The largest absolute Gasteiger partial charge is 0.480 e. The molecule has 2 amide bonds. The minimum Gasteiger partial charge on any atom is -0.480 e. The van der Waals surface area contributed by atoms with Gasteiger partial charge < -0.3 is 16.2 Å². The molecule has 0 unspecified atom stereocenters. The van der Waals surface area contributed by atoms with Gasteiger partial charge in [-0.15, -0.1) is 0 Å². The smallest absolute Gasteiger partial charge is 0.326 e. The van der Waals surface area contributed by atoms with E-state index in [1.54, 1.807) is 6.20 Å². The van der Waals surface area contributed by atoms with E-state index in [-0.39, 0.29) is 6.42 Å². The lowest BCUT2D eigenvalue weighted by atomic mass is 10.1. The summed E-state index contributed by atoms with van der Waals surface area (Å²) in [6.07, 6.45) is 1.74. The number of nitrogens with zero attached hydrogens (tertiary/aromatic N) is 1. The second kappa shape index (κ2) is 6.53. The Labute approximate surface area is 109 Å². The fraction of sp³-hybridized carbons (Fsp3) is 0.455. The molecule has 0 spiro atoms. The summed E-state index contributed by atoms with van der Waals surface area (Å²) in [5, 5.41) is 17.6. The van der Waals surface area contributed by atoms with Crippen LogP contribution in [0.4, 0.5) is 0 Å². The Morgan fingerprint density at radius 2 is 2.21 bits per heavy atom. The zero-order chi connectivity index (χ0) is 14.4. The van der Waals surface area contributed by atoms with E-state index in [1.165, 1.54) is 0 Å². The van der Waals surface area contributed by atoms with E-state index >= 15 is 0 Å². The molecule has 8 nitrogen and oxygen atoms in total. The number of carboxylic acids is 1. The first kappa shape index (κ1) is 14.7. The Morgan fingerprint density at radius 3 is 2.68 bits per heavy atom. The number of H-pyrrole nitrogens is 1. The minimum absolute atomic E-state index is 0.114. The van der Waals surface area contributed by atoms with Crippen LogP contribution in [0.15, 0.2) is 6.20 Å². The van der Waals surface area contributed by atoms with Crippen LogP contribution in [-0.2, 0) is 20.8 Å². The third kappa shape index (κ3) is 4.78. The third-order valence-electron chi connectivity index (χ3n) is 2.59. The van der Waals surface area contributed by atoms with Crippen molar-refractivity contribution in [3.05, 3.63) is 17.5 Å². The number of amides is 2. The number of primary amides is 1. The average molecular weight is 268 g/mol. The van der Waals surface area contributed by atoms with Gasteiger partial charge in [0.15, 0.2) is 0 Å². The molecule has 0 saturated heterocycles. The van der Waals surface area contributed by atoms with E-state index in [2.05, 4.69) is 15.5 Å². The first-order valence-electron chi connectivity index (χ1n) is 5.69. The highest BCUT2D eigenvalue weighted by Gasteiger charge is 2.21. The summed E-state index contributed by atoms with van der Waals surface area (Å²) in [7, 11) is 0. The number of aromatic amines is 1. The minimum atomic E-state index is -1.29. The van der Waals surface area contributed by atoms with E-state index in [1.807, 2.05) is 6.92 Å². The number of aliphatic carboxylic acids is 1. The van der Waals surface area contributed by atoms with Gasteiger partial charge in [0.05, 0.1) is 12.6 Å². The molecule has 1 atom stereocenters. The molecule has 5 N–H and O–H groups in total. The lowest BCUT2D eigenvalue weighted by Gasteiger charge is -2.12. The molecule has 0 bridgehead atoms. The van der Waals surface area contributed by atoms with Crippen molar-refractivity contribution < 1.29 is 19.5 Å². The highest BCUT2D eigenvalue weighted by atomic mass is 16.4. The maximum atomic E-state index is 11.6. The molecule has 0 aliphatic heterocycles. The predicted octanol–water partition coefficient (Wildman–Crippen LogP) is -0.904. The number of aromatic nitrogens is 2. The quantitative estimate of drug-likeness (QED) is 0.507. The molecule has 0 aliphatic rings. The van der Waals surface area contributed by atoms with Gasteiger partial charge in [-0.1, -0.05) is 0 Å². The van der Waals surface area contributed by atoms with Gasteiger partial charge in [-0.05, 0) is 18.9 Å². The third-order valence-corrected chi connectivity index (χ3v) is 2.59. The van der Waals surface area contributed by atoms with E-state index < -0.39 is 30.2 Å². The molecule has 104 valence electrons. The molecule has 1 aromatic rings. The van der Waals surface area contributed by atoms with Crippen molar-refractivity contribution in [3.8, 4) is 0 Å². The standard InChI is InChI=1S/C11H16N4O4/c1-6-7(5-13-15-6)2-3-10(17)14-8(11(18)19)4-9(12)16/h5,8H,2-4H2,1H3,(H2,12,16)(H,13,15)(H,14,17)(H,18,19)/t8-/m0/s1. The monoisotopic (exact) mass is 268 g/mol. The lowest BCUT2D eigenvalue weighted by Crippen LogP contribution is -2.43. The van der Waals surface area contributed by atoms with Gasteiger partial charge in [0.2, 0.25) is 11.8 Å². The topological polar surface area (TPSA) is 138 Å². The summed E-state index contributed by atoms with van der Waals surface area (Å²) in [5.74, 6) is -2.51. The molecule has 0 radical (unpaired) electrons. The van der Waals surface area contributed by atoms with Crippen molar-refractivity contribution in [2.75, 3.05) is 0 Å². The van der Waals surface area contributed by atoms with E-state index in [0.717, 1.165) is 11.3 Å². The molecule has 0 aromatic carbocycles. The highest BCUT2D eigenvalue weighted by molar-refractivity contribution is 5.88. The summed E-state index contributed by atoms with van der Waals surface area (Å²) in [6.45, 7) is 1.83. The summed E-state index contributed by atoms with van der Waals surface area (Å²) in [5.41, 5.74) is 6.66. The maximum Gasteiger partial charge on any atom is 0.326 e. The van der Waals surface area contributed by atoms with Crippen LogP contribution >= 0.6 is 0 Å². The van der Waals surface area contributed by atoms with Crippen LogP contribution in [-0.4, -0.2) is 39.1 Å². The summed E-state index contributed by atoms with van der Waals surface area (Å²) in [6, 6.07) is -1.28. The molecule has 1 rings (SSSR count). The number of carbonyl (C=O) groups is 3. The summed E-state index contributed by atoms with van der Waals surface area (Å²) in [4.78, 5) is 33.1. The molecule has 0 saturated carbocycles. The zero-order valence-electron chi connectivity index (χ0n) is 10.5. The van der Waals surface area contributed by atoms with Crippen LogP contribution in [0.25, 0.3) is 0 Å². The highest BCUT2D eigenvalue weighted by Crippen LogP contribution is 2.06. The Morgan fingerprint density at radius 1 is 1.53 bits per heavy atom. The molecular formula is C11H16N4O4. The summed E-state index contributed by atoms with van der Waals surface area (Å²) < 4.78 is 0. The molecule has 1 aromatic heterocycles. The van der Waals surface area contributed by atoms with Gasteiger partial charge in [0, 0.05) is 12.1 Å². The molecular weight excluding hydrogens is 252 g/mol. The fourth-order valence-corrected chi connectivity index (χ4v) is 1.54. The van der Waals surface area contributed by atoms with Gasteiger partial charge in [0.1, 0.15) is 6.04 Å². The second-order valence-electron chi connectivity index (χ2n) is 4.15. The van der Waals surface area contributed by atoms with Crippen LogP contribution in [0, 0.1) is 6.92 Å². The van der Waals surface area contributed by atoms with E-state index in [4.69, 9.17) is 10.8 Å².